The van der Waals surface area contributed by atoms with Gasteiger partial charge >= 0.3 is 5.97 Å². The molecule has 1 N–H and O–H groups in total. The number of aromatic nitrogens is 3. The van der Waals surface area contributed by atoms with E-state index in [-0.39, 0.29) is 5.56 Å². The average Bonchev–Trinajstić information content (AvgIpc) is 3.07. The zero-order chi connectivity index (χ0) is 17.4. The van der Waals surface area contributed by atoms with Crippen molar-refractivity contribution in [3.05, 3.63) is 77.6 Å². The number of aromatic carboxylic acids is 1. The van der Waals surface area contributed by atoms with E-state index in [0.717, 1.165) is 22.4 Å². The SMILES string of the molecule is O=C(O)c1cnn2c(-c3cccc(-c4ccc(Cl)cc4)c3)ccnc12. The topological polar surface area (TPSA) is 67.5 Å². The van der Waals surface area contributed by atoms with Gasteiger partial charge in [0, 0.05) is 16.8 Å². The van der Waals surface area contributed by atoms with Gasteiger partial charge in [0.15, 0.2) is 5.65 Å². The Balaban J connectivity index is 1.85. The monoisotopic (exact) mass is 349 g/mol. The number of carboxylic acids is 1. The van der Waals surface area contributed by atoms with E-state index < -0.39 is 5.97 Å². The van der Waals surface area contributed by atoms with Gasteiger partial charge in [-0.2, -0.15) is 5.10 Å². The Bertz CT molecular complexity index is 1090. The molecule has 4 aromatic rings. The van der Waals surface area contributed by atoms with Crippen LogP contribution in [-0.4, -0.2) is 25.7 Å². The second kappa shape index (κ2) is 6.03. The maximum atomic E-state index is 11.3. The highest BCUT2D eigenvalue weighted by Crippen LogP contribution is 2.27. The second-order valence-corrected chi connectivity index (χ2v) is 5.95. The maximum Gasteiger partial charge on any atom is 0.341 e. The number of halogens is 1. The Morgan fingerprint density at radius 3 is 2.52 bits per heavy atom. The Kier molecular flexibility index (Phi) is 3.71. The quantitative estimate of drug-likeness (QED) is 0.594. The number of fused-ring (bicyclic) bond motifs is 1. The number of carboxylic acid groups (broad SMARTS) is 1. The van der Waals surface area contributed by atoms with E-state index >= 15 is 0 Å². The summed E-state index contributed by atoms with van der Waals surface area (Å²) in [5.74, 6) is -1.05. The van der Waals surface area contributed by atoms with Gasteiger partial charge in [-0.15, -0.1) is 0 Å². The van der Waals surface area contributed by atoms with Gasteiger partial charge in [0.25, 0.3) is 0 Å². The van der Waals surface area contributed by atoms with Crippen LogP contribution in [-0.2, 0) is 0 Å². The molecule has 122 valence electrons. The molecule has 4 rings (SSSR count). The molecule has 2 heterocycles. The minimum Gasteiger partial charge on any atom is -0.477 e. The third-order valence-corrected chi connectivity index (χ3v) is 4.22. The van der Waals surface area contributed by atoms with Crippen molar-refractivity contribution >= 4 is 23.2 Å². The predicted molar refractivity (Wildman–Crippen MR) is 95.8 cm³/mol. The molecule has 0 fully saturated rings. The van der Waals surface area contributed by atoms with Gasteiger partial charge in [-0.05, 0) is 35.4 Å². The first-order valence-electron chi connectivity index (χ1n) is 7.56. The second-order valence-electron chi connectivity index (χ2n) is 5.52. The number of rotatable bonds is 3. The highest BCUT2D eigenvalue weighted by molar-refractivity contribution is 6.30. The summed E-state index contributed by atoms with van der Waals surface area (Å²) in [4.78, 5) is 15.4. The molecule has 0 amide bonds. The summed E-state index contributed by atoms with van der Waals surface area (Å²) < 4.78 is 1.55. The molecule has 0 radical (unpaired) electrons. The molecule has 6 heteroatoms. The molecule has 0 spiro atoms. The van der Waals surface area contributed by atoms with Crippen LogP contribution in [0.3, 0.4) is 0 Å². The van der Waals surface area contributed by atoms with Crippen LogP contribution in [0.5, 0.6) is 0 Å². The van der Waals surface area contributed by atoms with E-state index in [4.69, 9.17) is 11.6 Å². The van der Waals surface area contributed by atoms with Crippen LogP contribution < -0.4 is 0 Å². The summed E-state index contributed by atoms with van der Waals surface area (Å²) in [6.45, 7) is 0. The lowest BCUT2D eigenvalue weighted by Crippen LogP contribution is -1.99. The molecule has 0 saturated heterocycles. The van der Waals surface area contributed by atoms with Crippen LogP contribution in [0.25, 0.3) is 28.0 Å². The average molecular weight is 350 g/mol. The third kappa shape index (κ3) is 2.75. The molecule has 0 atom stereocenters. The van der Waals surface area contributed by atoms with E-state index in [0.29, 0.717) is 10.7 Å². The Hall–Kier alpha value is -3.18. The zero-order valence-electron chi connectivity index (χ0n) is 12.9. The van der Waals surface area contributed by atoms with Gasteiger partial charge in [0.1, 0.15) is 5.56 Å². The molecule has 2 aromatic carbocycles. The maximum absolute atomic E-state index is 11.3. The molecule has 2 aromatic heterocycles. The van der Waals surface area contributed by atoms with Crippen molar-refractivity contribution in [3.63, 3.8) is 0 Å². The van der Waals surface area contributed by atoms with Gasteiger partial charge in [-0.25, -0.2) is 14.3 Å². The van der Waals surface area contributed by atoms with Gasteiger partial charge in [0.2, 0.25) is 0 Å². The lowest BCUT2D eigenvalue weighted by Gasteiger charge is -2.08. The van der Waals surface area contributed by atoms with Crippen molar-refractivity contribution in [1.29, 1.82) is 0 Å². The van der Waals surface area contributed by atoms with Gasteiger partial charge < -0.3 is 5.11 Å². The van der Waals surface area contributed by atoms with E-state index in [9.17, 15) is 9.90 Å². The minimum atomic E-state index is -1.05. The van der Waals surface area contributed by atoms with Crippen LogP contribution in [0.15, 0.2) is 67.0 Å². The molecule has 5 nitrogen and oxygen atoms in total. The molecular weight excluding hydrogens is 338 g/mol. The minimum absolute atomic E-state index is 0.0794. The van der Waals surface area contributed by atoms with Crippen molar-refractivity contribution in [2.75, 3.05) is 0 Å². The molecule has 0 unspecified atom stereocenters. The Morgan fingerprint density at radius 1 is 1.00 bits per heavy atom. The van der Waals surface area contributed by atoms with Crippen LogP contribution in [0, 0.1) is 0 Å². The fourth-order valence-corrected chi connectivity index (χ4v) is 2.89. The fourth-order valence-electron chi connectivity index (χ4n) is 2.76. The van der Waals surface area contributed by atoms with Gasteiger partial charge in [-0.1, -0.05) is 41.9 Å². The number of carbonyl (C=O) groups is 1. The highest BCUT2D eigenvalue weighted by Gasteiger charge is 2.15. The van der Waals surface area contributed by atoms with Crippen LogP contribution in [0.4, 0.5) is 0 Å². The van der Waals surface area contributed by atoms with Gasteiger partial charge in [-0.3, -0.25) is 0 Å². The highest BCUT2D eigenvalue weighted by atomic mass is 35.5. The molecule has 0 saturated carbocycles. The summed E-state index contributed by atoms with van der Waals surface area (Å²) in [6, 6.07) is 17.4. The van der Waals surface area contributed by atoms with Gasteiger partial charge in [0.05, 0.1) is 11.9 Å². The number of hydrogen-bond acceptors (Lipinski definition) is 3. The van der Waals surface area contributed by atoms with Crippen molar-refractivity contribution < 1.29 is 9.90 Å². The first-order valence-corrected chi connectivity index (χ1v) is 7.94. The Morgan fingerprint density at radius 2 is 1.76 bits per heavy atom. The number of benzene rings is 2. The summed E-state index contributed by atoms with van der Waals surface area (Å²) in [6.07, 6.45) is 2.91. The molecule has 0 aliphatic carbocycles. The lowest BCUT2D eigenvalue weighted by molar-refractivity contribution is 0.0699. The number of hydrogen-bond donors (Lipinski definition) is 1. The van der Waals surface area contributed by atoms with Crippen molar-refractivity contribution in [2.24, 2.45) is 0 Å². The molecule has 25 heavy (non-hydrogen) atoms. The number of nitrogens with zero attached hydrogens (tertiary/aromatic N) is 3. The largest absolute Gasteiger partial charge is 0.477 e. The van der Waals surface area contributed by atoms with Crippen molar-refractivity contribution in [3.8, 4) is 22.4 Å². The molecule has 0 aliphatic rings. The normalized spacial score (nSPS) is 10.9. The molecule has 0 bridgehead atoms. The van der Waals surface area contributed by atoms with Crippen LogP contribution in [0.2, 0.25) is 5.02 Å². The van der Waals surface area contributed by atoms with E-state index in [2.05, 4.69) is 10.1 Å². The van der Waals surface area contributed by atoms with Crippen molar-refractivity contribution in [1.82, 2.24) is 14.6 Å². The zero-order valence-corrected chi connectivity index (χ0v) is 13.7. The smallest absolute Gasteiger partial charge is 0.341 e. The molecular formula is C19H12ClN3O2. The van der Waals surface area contributed by atoms with Crippen molar-refractivity contribution in [2.45, 2.75) is 0 Å². The Labute approximate surface area is 148 Å². The summed E-state index contributed by atoms with van der Waals surface area (Å²) >= 11 is 5.95. The van der Waals surface area contributed by atoms with E-state index in [1.54, 1.807) is 10.7 Å². The fraction of sp³-hybridized carbons (Fsp3) is 0. The van der Waals surface area contributed by atoms with Crippen LogP contribution in [0.1, 0.15) is 10.4 Å². The van der Waals surface area contributed by atoms with Crippen LogP contribution >= 0.6 is 11.6 Å². The lowest BCUT2D eigenvalue weighted by atomic mass is 10.0. The molecule has 0 aliphatic heterocycles. The summed E-state index contributed by atoms with van der Waals surface area (Å²) in [7, 11) is 0. The van der Waals surface area contributed by atoms with E-state index in [1.165, 1.54) is 6.20 Å². The first-order chi connectivity index (χ1) is 12.1. The third-order valence-electron chi connectivity index (χ3n) is 3.97. The summed E-state index contributed by atoms with van der Waals surface area (Å²) in [5.41, 5.74) is 4.17. The predicted octanol–water partition coefficient (Wildman–Crippen LogP) is 4.41. The first kappa shape index (κ1) is 15.4. The van der Waals surface area contributed by atoms with E-state index in [1.807, 2.05) is 54.6 Å². The standard InChI is InChI=1S/C19H12ClN3O2/c20-15-6-4-12(5-7-15)13-2-1-3-14(10-13)17-8-9-21-18-16(19(24)25)11-22-23(17)18/h1-11H,(H,24,25). The summed E-state index contributed by atoms with van der Waals surface area (Å²) in [5, 5.41) is 14.1.